The van der Waals surface area contributed by atoms with Crippen molar-refractivity contribution in [2.24, 2.45) is 0 Å². The maximum atomic E-state index is 12.5. The molecule has 1 aromatic carbocycles. The minimum atomic E-state index is -0.0534. The van der Waals surface area contributed by atoms with Crippen molar-refractivity contribution in [1.29, 1.82) is 0 Å². The minimum absolute atomic E-state index is 0.0534. The highest BCUT2D eigenvalue weighted by atomic mass is 35.5. The van der Waals surface area contributed by atoms with E-state index in [4.69, 9.17) is 11.6 Å². The molecule has 0 atom stereocenters. The summed E-state index contributed by atoms with van der Waals surface area (Å²) in [4.78, 5) is 16.9. The third kappa shape index (κ3) is 4.20. The van der Waals surface area contributed by atoms with Gasteiger partial charge in [-0.2, -0.15) is 0 Å². The molecule has 130 valence electrons. The van der Waals surface area contributed by atoms with Gasteiger partial charge in [0.2, 0.25) is 0 Å². The molecule has 0 aliphatic carbocycles. The number of benzene rings is 1. The standard InChI is InChI=1S/C20H22ClN3O/c1-2-3-4-5-10-23-20(25)16-13-18(15-6-8-17(21)9-7-15)19-22-11-12-24(19)14-16/h6-9,11-14H,2-5,10H2,1H3,(H,23,25). The molecule has 0 aliphatic heterocycles. The average Bonchev–Trinajstić information content (AvgIpc) is 3.10. The van der Waals surface area contributed by atoms with Gasteiger partial charge >= 0.3 is 0 Å². The molecule has 0 bridgehead atoms. The summed E-state index contributed by atoms with van der Waals surface area (Å²) in [7, 11) is 0. The Labute approximate surface area is 152 Å². The zero-order valence-electron chi connectivity index (χ0n) is 14.3. The van der Waals surface area contributed by atoms with Crippen molar-refractivity contribution in [1.82, 2.24) is 14.7 Å². The maximum absolute atomic E-state index is 12.5. The smallest absolute Gasteiger partial charge is 0.252 e. The molecular weight excluding hydrogens is 334 g/mol. The first-order valence-electron chi connectivity index (χ1n) is 8.70. The molecule has 0 aliphatic rings. The van der Waals surface area contributed by atoms with Crippen molar-refractivity contribution in [2.45, 2.75) is 32.6 Å². The number of hydrogen-bond acceptors (Lipinski definition) is 2. The molecule has 25 heavy (non-hydrogen) atoms. The molecule has 0 spiro atoms. The zero-order chi connectivity index (χ0) is 17.6. The van der Waals surface area contributed by atoms with Crippen LogP contribution < -0.4 is 5.32 Å². The Morgan fingerprint density at radius 3 is 2.76 bits per heavy atom. The third-order valence-corrected chi connectivity index (χ3v) is 4.47. The summed E-state index contributed by atoms with van der Waals surface area (Å²) < 4.78 is 1.88. The van der Waals surface area contributed by atoms with Crippen LogP contribution in [-0.4, -0.2) is 21.8 Å². The van der Waals surface area contributed by atoms with Gasteiger partial charge in [0.25, 0.3) is 5.91 Å². The molecule has 2 aromatic heterocycles. The lowest BCUT2D eigenvalue weighted by molar-refractivity contribution is 0.0952. The lowest BCUT2D eigenvalue weighted by atomic mass is 10.0. The van der Waals surface area contributed by atoms with Gasteiger partial charge in [-0.1, -0.05) is 49.9 Å². The summed E-state index contributed by atoms with van der Waals surface area (Å²) >= 11 is 5.99. The minimum Gasteiger partial charge on any atom is -0.352 e. The van der Waals surface area contributed by atoms with E-state index in [0.717, 1.165) is 29.6 Å². The third-order valence-electron chi connectivity index (χ3n) is 4.22. The van der Waals surface area contributed by atoms with E-state index in [1.54, 1.807) is 6.20 Å². The molecule has 0 saturated heterocycles. The number of aromatic nitrogens is 2. The van der Waals surface area contributed by atoms with Crippen LogP contribution >= 0.6 is 11.6 Å². The van der Waals surface area contributed by atoms with E-state index in [0.29, 0.717) is 17.1 Å². The van der Waals surface area contributed by atoms with Gasteiger partial charge < -0.3 is 9.72 Å². The molecule has 3 aromatic rings. The van der Waals surface area contributed by atoms with Gasteiger partial charge in [0.05, 0.1) is 5.56 Å². The first-order valence-corrected chi connectivity index (χ1v) is 9.07. The number of hydrogen-bond donors (Lipinski definition) is 1. The van der Waals surface area contributed by atoms with Gasteiger partial charge in [0.1, 0.15) is 5.65 Å². The number of rotatable bonds is 7. The van der Waals surface area contributed by atoms with E-state index in [-0.39, 0.29) is 5.91 Å². The number of fused-ring (bicyclic) bond motifs is 1. The second kappa shape index (κ2) is 8.17. The van der Waals surface area contributed by atoms with Crippen LogP contribution in [0.25, 0.3) is 16.8 Å². The van der Waals surface area contributed by atoms with Crippen molar-refractivity contribution in [3.63, 3.8) is 0 Å². The van der Waals surface area contributed by atoms with Crippen LogP contribution in [0.1, 0.15) is 43.0 Å². The van der Waals surface area contributed by atoms with Crippen LogP contribution in [0.5, 0.6) is 0 Å². The van der Waals surface area contributed by atoms with Crippen LogP contribution in [-0.2, 0) is 0 Å². The number of carbonyl (C=O) groups is 1. The van der Waals surface area contributed by atoms with Crippen LogP contribution in [0.3, 0.4) is 0 Å². The van der Waals surface area contributed by atoms with Crippen LogP contribution in [0.2, 0.25) is 5.02 Å². The summed E-state index contributed by atoms with van der Waals surface area (Å²) in [5.74, 6) is -0.0534. The number of halogens is 1. The fourth-order valence-electron chi connectivity index (χ4n) is 2.85. The predicted octanol–water partition coefficient (Wildman–Crippen LogP) is 4.96. The van der Waals surface area contributed by atoms with E-state index in [2.05, 4.69) is 17.2 Å². The molecule has 1 N–H and O–H groups in total. The SMILES string of the molecule is CCCCCCNC(=O)c1cc(-c2ccc(Cl)cc2)c2nccn2c1. The van der Waals surface area contributed by atoms with E-state index >= 15 is 0 Å². The molecule has 0 fully saturated rings. The average molecular weight is 356 g/mol. The van der Waals surface area contributed by atoms with Gasteiger partial charge in [-0.3, -0.25) is 4.79 Å². The second-order valence-electron chi connectivity index (χ2n) is 6.12. The molecular formula is C20H22ClN3O. The Kier molecular flexibility index (Phi) is 5.71. The molecule has 0 radical (unpaired) electrons. The number of nitrogens with zero attached hydrogens (tertiary/aromatic N) is 2. The van der Waals surface area contributed by atoms with E-state index < -0.39 is 0 Å². The molecule has 0 unspecified atom stereocenters. The molecule has 5 heteroatoms. The summed E-state index contributed by atoms with van der Waals surface area (Å²) in [6.45, 7) is 2.88. The monoisotopic (exact) mass is 355 g/mol. The quantitative estimate of drug-likeness (QED) is 0.608. The normalized spacial score (nSPS) is 11.0. The number of unbranched alkanes of at least 4 members (excludes halogenated alkanes) is 3. The number of nitrogens with one attached hydrogen (secondary N) is 1. The van der Waals surface area contributed by atoms with E-state index in [1.165, 1.54) is 12.8 Å². The fraction of sp³-hybridized carbons (Fsp3) is 0.300. The topological polar surface area (TPSA) is 46.4 Å². The number of amides is 1. The number of pyridine rings is 1. The predicted molar refractivity (Wildman–Crippen MR) is 102 cm³/mol. The highest BCUT2D eigenvalue weighted by Crippen LogP contribution is 2.26. The molecule has 4 nitrogen and oxygen atoms in total. The van der Waals surface area contributed by atoms with Crippen molar-refractivity contribution in [3.05, 3.63) is 59.5 Å². The van der Waals surface area contributed by atoms with Gasteiger partial charge in [-0.25, -0.2) is 4.98 Å². The largest absolute Gasteiger partial charge is 0.352 e. The van der Waals surface area contributed by atoms with Gasteiger partial charge in [-0.05, 0) is 30.2 Å². The summed E-state index contributed by atoms with van der Waals surface area (Å²) in [6, 6.07) is 9.47. The first kappa shape index (κ1) is 17.5. The molecule has 3 rings (SSSR count). The summed E-state index contributed by atoms with van der Waals surface area (Å²) in [5, 5.41) is 3.69. The van der Waals surface area contributed by atoms with Gasteiger partial charge in [-0.15, -0.1) is 0 Å². The van der Waals surface area contributed by atoms with E-state index in [9.17, 15) is 4.79 Å². The maximum Gasteiger partial charge on any atom is 0.252 e. The molecule has 1 amide bonds. The van der Waals surface area contributed by atoms with Gasteiger partial charge in [0.15, 0.2) is 0 Å². The summed E-state index contributed by atoms with van der Waals surface area (Å²) in [6.07, 6.45) is 9.97. The fourth-order valence-corrected chi connectivity index (χ4v) is 2.98. The highest BCUT2D eigenvalue weighted by Gasteiger charge is 2.12. The van der Waals surface area contributed by atoms with Crippen molar-refractivity contribution in [2.75, 3.05) is 6.54 Å². The van der Waals surface area contributed by atoms with Crippen molar-refractivity contribution in [3.8, 4) is 11.1 Å². The second-order valence-corrected chi connectivity index (χ2v) is 6.56. The molecule has 0 saturated carbocycles. The van der Waals surface area contributed by atoms with Crippen molar-refractivity contribution >= 4 is 23.2 Å². The first-order chi connectivity index (χ1) is 12.2. The molecule has 2 heterocycles. The number of carbonyl (C=O) groups excluding carboxylic acids is 1. The number of imidazole rings is 1. The Morgan fingerprint density at radius 1 is 1.20 bits per heavy atom. The Morgan fingerprint density at radius 2 is 2.00 bits per heavy atom. The van der Waals surface area contributed by atoms with Crippen LogP contribution in [0.15, 0.2) is 48.9 Å². The highest BCUT2D eigenvalue weighted by molar-refractivity contribution is 6.30. The Hall–Kier alpha value is -2.33. The van der Waals surface area contributed by atoms with Crippen molar-refractivity contribution < 1.29 is 4.79 Å². The Balaban J connectivity index is 1.84. The Bertz CT molecular complexity index is 855. The van der Waals surface area contributed by atoms with Gasteiger partial charge in [0, 0.05) is 35.7 Å². The van der Waals surface area contributed by atoms with E-state index in [1.807, 2.05) is 47.1 Å². The lowest BCUT2D eigenvalue weighted by Gasteiger charge is -2.10. The summed E-state index contributed by atoms with van der Waals surface area (Å²) in [5.41, 5.74) is 3.35. The zero-order valence-corrected chi connectivity index (χ0v) is 15.1. The lowest BCUT2D eigenvalue weighted by Crippen LogP contribution is -2.24. The van der Waals surface area contributed by atoms with Crippen LogP contribution in [0.4, 0.5) is 0 Å². The van der Waals surface area contributed by atoms with Crippen LogP contribution in [0, 0.1) is 0 Å².